The van der Waals surface area contributed by atoms with Gasteiger partial charge in [0.15, 0.2) is 11.5 Å². The van der Waals surface area contributed by atoms with E-state index in [4.69, 9.17) is 14.0 Å². The van der Waals surface area contributed by atoms with Gasteiger partial charge in [0.25, 0.3) is 5.91 Å². The summed E-state index contributed by atoms with van der Waals surface area (Å²) in [6.07, 6.45) is 3.11. The maximum atomic E-state index is 12.6. The van der Waals surface area contributed by atoms with E-state index in [1.165, 1.54) is 6.33 Å². The molecule has 0 spiro atoms. The standard InChI is InChI=1S/C19H21N5O4/c1-13-8-23(9-14(2)27-13)19(25)18-7-17(28-22-18)10-26-16-5-3-15(4-6-16)24-12-20-11-21-24/h3-7,11-14H,8-10H2,1-2H3. The smallest absolute Gasteiger partial charge is 0.276 e. The van der Waals surface area contributed by atoms with Gasteiger partial charge in [-0.15, -0.1) is 0 Å². The molecule has 2 unspecified atom stereocenters. The van der Waals surface area contributed by atoms with Crippen LogP contribution in [0.25, 0.3) is 5.69 Å². The summed E-state index contributed by atoms with van der Waals surface area (Å²) in [4.78, 5) is 18.3. The molecule has 1 fully saturated rings. The highest BCUT2D eigenvalue weighted by Crippen LogP contribution is 2.18. The maximum Gasteiger partial charge on any atom is 0.276 e. The molecule has 1 aromatic carbocycles. The molecular weight excluding hydrogens is 362 g/mol. The van der Waals surface area contributed by atoms with E-state index in [9.17, 15) is 4.79 Å². The van der Waals surface area contributed by atoms with Crippen molar-refractivity contribution in [3.05, 3.63) is 54.4 Å². The Bertz CT molecular complexity index is 912. The van der Waals surface area contributed by atoms with Crippen LogP contribution in [0.1, 0.15) is 30.1 Å². The molecule has 1 amide bonds. The monoisotopic (exact) mass is 383 g/mol. The van der Waals surface area contributed by atoms with Crippen LogP contribution in [-0.4, -0.2) is 56.0 Å². The molecule has 0 N–H and O–H groups in total. The number of morpholine rings is 1. The van der Waals surface area contributed by atoms with E-state index in [2.05, 4.69) is 15.2 Å². The summed E-state index contributed by atoms with van der Waals surface area (Å²) in [5, 5.41) is 7.97. The molecule has 0 saturated carbocycles. The van der Waals surface area contributed by atoms with Gasteiger partial charge in [0.1, 0.15) is 25.0 Å². The lowest BCUT2D eigenvalue weighted by Crippen LogP contribution is -2.48. The number of hydrogen-bond donors (Lipinski definition) is 0. The van der Waals surface area contributed by atoms with Crippen LogP contribution in [0.5, 0.6) is 5.75 Å². The summed E-state index contributed by atoms with van der Waals surface area (Å²) in [5.74, 6) is 0.996. The summed E-state index contributed by atoms with van der Waals surface area (Å²) in [7, 11) is 0. The van der Waals surface area contributed by atoms with Crippen LogP contribution in [0, 0.1) is 0 Å². The molecule has 0 aliphatic carbocycles. The van der Waals surface area contributed by atoms with Gasteiger partial charge in [-0.3, -0.25) is 4.79 Å². The van der Waals surface area contributed by atoms with Gasteiger partial charge in [-0.1, -0.05) is 5.16 Å². The minimum atomic E-state index is -0.158. The Morgan fingerprint density at radius 1 is 1.21 bits per heavy atom. The van der Waals surface area contributed by atoms with Gasteiger partial charge in [0, 0.05) is 19.2 Å². The van der Waals surface area contributed by atoms with Gasteiger partial charge in [-0.05, 0) is 38.1 Å². The summed E-state index contributed by atoms with van der Waals surface area (Å²) in [6.45, 7) is 5.16. The molecule has 1 saturated heterocycles. The molecule has 9 heteroatoms. The lowest BCUT2D eigenvalue weighted by Gasteiger charge is -2.34. The molecule has 146 valence electrons. The second-order valence-corrected chi connectivity index (χ2v) is 6.77. The fourth-order valence-corrected chi connectivity index (χ4v) is 3.18. The molecule has 0 bridgehead atoms. The highest BCUT2D eigenvalue weighted by molar-refractivity contribution is 5.92. The third-order valence-electron chi connectivity index (χ3n) is 4.39. The Morgan fingerprint density at radius 3 is 2.64 bits per heavy atom. The zero-order valence-corrected chi connectivity index (χ0v) is 15.7. The Kier molecular flexibility index (Phi) is 5.07. The normalized spacial score (nSPS) is 19.6. The second-order valence-electron chi connectivity index (χ2n) is 6.77. The van der Waals surface area contributed by atoms with Crippen molar-refractivity contribution in [3.8, 4) is 11.4 Å². The number of amides is 1. The zero-order valence-electron chi connectivity index (χ0n) is 15.7. The lowest BCUT2D eigenvalue weighted by atomic mass is 10.2. The fraction of sp³-hybridized carbons (Fsp3) is 0.368. The van der Waals surface area contributed by atoms with Crippen LogP contribution in [-0.2, 0) is 11.3 Å². The van der Waals surface area contributed by atoms with Crippen molar-refractivity contribution in [3.63, 3.8) is 0 Å². The quantitative estimate of drug-likeness (QED) is 0.666. The summed E-state index contributed by atoms with van der Waals surface area (Å²) < 4.78 is 18.3. The first-order valence-electron chi connectivity index (χ1n) is 9.06. The van der Waals surface area contributed by atoms with Crippen LogP contribution < -0.4 is 4.74 Å². The minimum absolute atomic E-state index is 0.00268. The van der Waals surface area contributed by atoms with Gasteiger partial charge in [0.2, 0.25) is 0 Å². The van der Waals surface area contributed by atoms with E-state index in [1.54, 1.807) is 22.0 Å². The molecule has 0 radical (unpaired) electrons. The highest BCUT2D eigenvalue weighted by Gasteiger charge is 2.28. The topological polar surface area (TPSA) is 95.5 Å². The molecule has 2 aromatic heterocycles. The highest BCUT2D eigenvalue weighted by atomic mass is 16.5. The molecule has 3 aromatic rings. The fourth-order valence-electron chi connectivity index (χ4n) is 3.18. The van der Waals surface area contributed by atoms with Crippen LogP contribution in [0.2, 0.25) is 0 Å². The Balaban J connectivity index is 1.35. The number of nitrogens with zero attached hydrogens (tertiary/aromatic N) is 5. The Hall–Kier alpha value is -3.20. The van der Waals surface area contributed by atoms with Crippen molar-refractivity contribution in [2.24, 2.45) is 0 Å². The molecule has 4 rings (SSSR count). The average molecular weight is 383 g/mol. The molecule has 9 nitrogen and oxygen atoms in total. The van der Waals surface area contributed by atoms with Crippen LogP contribution in [0.3, 0.4) is 0 Å². The van der Waals surface area contributed by atoms with E-state index in [0.29, 0.717) is 24.6 Å². The maximum absolute atomic E-state index is 12.6. The molecule has 2 atom stereocenters. The van der Waals surface area contributed by atoms with Gasteiger partial charge in [-0.2, -0.15) is 5.10 Å². The second kappa shape index (κ2) is 7.81. The number of aromatic nitrogens is 4. The van der Waals surface area contributed by atoms with Crippen LogP contribution in [0.4, 0.5) is 0 Å². The first-order chi connectivity index (χ1) is 13.6. The number of benzene rings is 1. The Labute approximate surface area is 161 Å². The largest absolute Gasteiger partial charge is 0.486 e. The number of ether oxygens (including phenoxy) is 2. The summed E-state index contributed by atoms with van der Waals surface area (Å²) >= 11 is 0. The van der Waals surface area contributed by atoms with Gasteiger partial charge >= 0.3 is 0 Å². The third-order valence-corrected chi connectivity index (χ3v) is 4.39. The predicted molar refractivity (Wildman–Crippen MR) is 98.1 cm³/mol. The number of rotatable bonds is 5. The van der Waals surface area contributed by atoms with Crippen molar-refractivity contribution < 1.29 is 18.8 Å². The predicted octanol–water partition coefficient (Wildman–Crippen LogP) is 2.08. The van der Waals surface area contributed by atoms with Gasteiger partial charge < -0.3 is 18.9 Å². The molecule has 1 aliphatic heterocycles. The molecule has 28 heavy (non-hydrogen) atoms. The Morgan fingerprint density at radius 2 is 1.96 bits per heavy atom. The van der Waals surface area contributed by atoms with Crippen molar-refractivity contribution >= 4 is 5.91 Å². The van der Waals surface area contributed by atoms with Crippen molar-refractivity contribution in [2.75, 3.05) is 13.1 Å². The third kappa shape index (κ3) is 4.04. The molecule has 3 heterocycles. The average Bonchev–Trinajstić information content (AvgIpc) is 3.37. The molecule has 1 aliphatic rings. The van der Waals surface area contributed by atoms with Crippen molar-refractivity contribution in [1.29, 1.82) is 0 Å². The number of carbonyl (C=O) groups is 1. The number of carbonyl (C=O) groups excluding carboxylic acids is 1. The van der Waals surface area contributed by atoms with E-state index in [0.717, 1.165) is 5.69 Å². The lowest BCUT2D eigenvalue weighted by molar-refractivity contribution is -0.0588. The van der Waals surface area contributed by atoms with E-state index < -0.39 is 0 Å². The van der Waals surface area contributed by atoms with Gasteiger partial charge in [0.05, 0.1) is 17.9 Å². The van der Waals surface area contributed by atoms with E-state index in [-0.39, 0.29) is 30.4 Å². The summed E-state index contributed by atoms with van der Waals surface area (Å²) in [5.41, 5.74) is 1.16. The number of hydrogen-bond acceptors (Lipinski definition) is 7. The first kappa shape index (κ1) is 18.2. The van der Waals surface area contributed by atoms with E-state index in [1.807, 2.05) is 38.1 Å². The molecular formula is C19H21N5O4. The summed E-state index contributed by atoms with van der Waals surface area (Å²) in [6, 6.07) is 9.03. The SMILES string of the molecule is CC1CN(C(=O)c2cc(COc3ccc(-n4cncn4)cc3)on2)CC(C)O1. The van der Waals surface area contributed by atoms with Gasteiger partial charge in [-0.25, -0.2) is 9.67 Å². The first-order valence-corrected chi connectivity index (χ1v) is 9.06. The van der Waals surface area contributed by atoms with Crippen molar-refractivity contribution in [2.45, 2.75) is 32.7 Å². The minimum Gasteiger partial charge on any atom is -0.486 e. The van der Waals surface area contributed by atoms with Crippen LogP contribution >= 0.6 is 0 Å². The van der Waals surface area contributed by atoms with E-state index >= 15 is 0 Å². The zero-order chi connectivity index (χ0) is 19.5. The van der Waals surface area contributed by atoms with Crippen molar-refractivity contribution in [1.82, 2.24) is 24.8 Å². The van der Waals surface area contributed by atoms with Crippen LogP contribution in [0.15, 0.2) is 47.5 Å².